The van der Waals surface area contributed by atoms with Gasteiger partial charge in [0.2, 0.25) is 5.95 Å². The maximum absolute atomic E-state index is 12.4. The first kappa shape index (κ1) is 18.0. The van der Waals surface area contributed by atoms with Crippen molar-refractivity contribution in [3.63, 3.8) is 0 Å². The summed E-state index contributed by atoms with van der Waals surface area (Å²) in [6, 6.07) is 6.83. The zero-order valence-corrected chi connectivity index (χ0v) is 15.3. The van der Waals surface area contributed by atoms with E-state index in [0.717, 1.165) is 12.8 Å². The lowest BCUT2D eigenvalue weighted by Crippen LogP contribution is -2.21. The van der Waals surface area contributed by atoms with Crippen LogP contribution in [0.1, 0.15) is 49.0 Å². The molecule has 1 amide bonds. The van der Waals surface area contributed by atoms with Gasteiger partial charge < -0.3 is 10.6 Å². The van der Waals surface area contributed by atoms with E-state index in [1.165, 1.54) is 25.7 Å². The number of halogens is 2. The number of nitrogens with zero attached hydrogens (tertiary/aromatic N) is 2. The van der Waals surface area contributed by atoms with Crippen LogP contribution in [0.15, 0.2) is 30.5 Å². The number of nitrogens with one attached hydrogen (secondary N) is 2. The summed E-state index contributed by atoms with van der Waals surface area (Å²) in [6.07, 6.45) is 8.81. The Morgan fingerprint density at radius 3 is 2.40 bits per heavy atom. The lowest BCUT2D eigenvalue weighted by Gasteiger charge is -2.16. The maximum atomic E-state index is 12.4. The minimum atomic E-state index is -0.329. The Morgan fingerprint density at radius 1 is 1.04 bits per heavy atom. The Balaban J connectivity index is 1.68. The lowest BCUT2D eigenvalue weighted by molar-refractivity contribution is 0.102. The highest BCUT2D eigenvalue weighted by molar-refractivity contribution is 6.35. The normalized spacial score (nSPS) is 15.4. The third-order valence-electron chi connectivity index (χ3n) is 4.20. The van der Waals surface area contributed by atoms with Crippen LogP contribution >= 0.6 is 23.2 Å². The number of benzene rings is 1. The predicted molar refractivity (Wildman–Crippen MR) is 102 cm³/mol. The van der Waals surface area contributed by atoms with Gasteiger partial charge in [-0.2, -0.15) is 0 Å². The number of aromatic nitrogens is 2. The fourth-order valence-electron chi connectivity index (χ4n) is 2.98. The molecule has 0 radical (unpaired) electrons. The quantitative estimate of drug-likeness (QED) is 0.720. The van der Waals surface area contributed by atoms with Gasteiger partial charge in [0.15, 0.2) is 0 Å². The van der Waals surface area contributed by atoms with Crippen molar-refractivity contribution in [1.29, 1.82) is 0 Å². The molecule has 1 saturated carbocycles. The van der Waals surface area contributed by atoms with Gasteiger partial charge in [-0.1, -0.05) is 48.9 Å². The Labute approximate surface area is 157 Å². The van der Waals surface area contributed by atoms with Crippen LogP contribution in [0.2, 0.25) is 10.0 Å². The second-order valence-electron chi connectivity index (χ2n) is 6.21. The summed E-state index contributed by atoms with van der Waals surface area (Å²) in [5.41, 5.74) is 0.821. The first-order chi connectivity index (χ1) is 12.1. The summed E-state index contributed by atoms with van der Waals surface area (Å²) in [7, 11) is 0. The molecule has 3 rings (SSSR count). The minimum Gasteiger partial charge on any atom is -0.351 e. The van der Waals surface area contributed by atoms with Crippen molar-refractivity contribution in [3.8, 4) is 0 Å². The molecule has 1 fully saturated rings. The van der Waals surface area contributed by atoms with Crippen molar-refractivity contribution in [2.45, 2.75) is 44.6 Å². The Kier molecular flexibility index (Phi) is 6.10. The van der Waals surface area contributed by atoms with Crippen LogP contribution < -0.4 is 10.6 Å². The first-order valence-electron chi connectivity index (χ1n) is 8.47. The summed E-state index contributed by atoms with van der Waals surface area (Å²) < 4.78 is 0. The number of hydrogen-bond acceptors (Lipinski definition) is 4. The molecule has 5 nitrogen and oxygen atoms in total. The van der Waals surface area contributed by atoms with E-state index in [1.54, 1.807) is 30.5 Å². The molecule has 0 aliphatic heterocycles. The van der Waals surface area contributed by atoms with Gasteiger partial charge in [0.25, 0.3) is 5.91 Å². The average molecular weight is 379 g/mol. The van der Waals surface area contributed by atoms with Gasteiger partial charge in [-0.25, -0.2) is 9.97 Å². The van der Waals surface area contributed by atoms with Gasteiger partial charge in [-0.3, -0.25) is 4.79 Å². The standard InChI is InChI=1S/C18H20Cl2N4O/c19-12-9-13(20)11-15(10-12)22-17(25)16-7-8-21-18(24-16)23-14-5-3-1-2-4-6-14/h7-11,14H,1-6H2,(H,22,25)(H,21,23,24). The number of anilines is 2. The van der Waals surface area contributed by atoms with E-state index in [2.05, 4.69) is 20.6 Å². The van der Waals surface area contributed by atoms with Crippen molar-refractivity contribution in [3.05, 3.63) is 46.2 Å². The molecule has 0 unspecified atom stereocenters. The van der Waals surface area contributed by atoms with Crippen LogP contribution in [0.25, 0.3) is 0 Å². The van der Waals surface area contributed by atoms with Crippen molar-refractivity contribution in [2.75, 3.05) is 10.6 Å². The summed E-state index contributed by atoms with van der Waals surface area (Å²) in [5.74, 6) is 0.160. The molecule has 2 aromatic rings. The summed E-state index contributed by atoms with van der Waals surface area (Å²) in [6.45, 7) is 0. The monoisotopic (exact) mass is 378 g/mol. The van der Waals surface area contributed by atoms with Gasteiger partial charge in [-0.05, 0) is 37.1 Å². The highest BCUT2D eigenvalue weighted by atomic mass is 35.5. The van der Waals surface area contributed by atoms with Crippen LogP contribution in [0, 0.1) is 0 Å². The molecule has 1 aliphatic rings. The molecule has 1 aromatic carbocycles. The average Bonchev–Trinajstić information content (AvgIpc) is 2.83. The topological polar surface area (TPSA) is 66.9 Å². The number of rotatable bonds is 4. The Morgan fingerprint density at radius 2 is 1.72 bits per heavy atom. The van der Waals surface area contributed by atoms with Gasteiger partial charge in [-0.15, -0.1) is 0 Å². The van der Waals surface area contributed by atoms with Crippen molar-refractivity contribution in [1.82, 2.24) is 9.97 Å². The van der Waals surface area contributed by atoms with Gasteiger partial charge >= 0.3 is 0 Å². The SMILES string of the molecule is O=C(Nc1cc(Cl)cc(Cl)c1)c1ccnc(NC2CCCCCC2)n1. The fourth-order valence-corrected chi connectivity index (χ4v) is 3.51. The number of carbonyl (C=O) groups is 1. The molecule has 1 heterocycles. The van der Waals surface area contributed by atoms with Crippen LogP contribution in [0.5, 0.6) is 0 Å². The highest BCUT2D eigenvalue weighted by Crippen LogP contribution is 2.23. The maximum Gasteiger partial charge on any atom is 0.274 e. The van der Waals surface area contributed by atoms with Crippen LogP contribution in [0.3, 0.4) is 0 Å². The van der Waals surface area contributed by atoms with E-state index in [4.69, 9.17) is 23.2 Å². The Hall–Kier alpha value is -1.85. The van der Waals surface area contributed by atoms with Crippen molar-refractivity contribution in [2.24, 2.45) is 0 Å². The first-order valence-corrected chi connectivity index (χ1v) is 9.23. The van der Waals surface area contributed by atoms with E-state index < -0.39 is 0 Å². The second kappa shape index (κ2) is 8.50. The van der Waals surface area contributed by atoms with Crippen LogP contribution in [-0.4, -0.2) is 21.9 Å². The fraction of sp³-hybridized carbons (Fsp3) is 0.389. The molecule has 132 valence electrons. The van der Waals surface area contributed by atoms with Gasteiger partial charge in [0.05, 0.1) is 0 Å². The zero-order valence-electron chi connectivity index (χ0n) is 13.8. The second-order valence-corrected chi connectivity index (χ2v) is 7.08. The molecule has 7 heteroatoms. The molecule has 0 bridgehead atoms. The smallest absolute Gasteiger partial charge is 0.274 e. The molecule has 0 spiro atoms. The predicted octanol–water partition coefficient (Wildman–Crippen LogP) is 5.17. The highest BCUT2D eigenvalue weighted by Gasteiger charge is 2.15. The van der Waals surface area contributed by atoms with E-state index in [9.17, 15) is 4.79 Å². The molecule has 1 aromatic heterocycles. The minimum absolute atomic E-state index is 0.294. The molecular weight excluding hydrogens is 359 g/mol. The van der Waals surface area contributed by atoms with E-state index >= 15 is 0 Å². The van der Waals surface area contributed by atoms with E-state index in [-0.39, 0.29) is 5.91 Å². The van der Waals surface area contributed by atoms with Crippen LogP contribution in [0.4, 0.5) is 11.6 Å². The third-order valence-corrected chi connectivity index (χ3v) is 4.63. The number of hydrogen-bond donors (Lipinski definition) is 2. The molecule has 25 heavy (non-hydrogen) atoms. The zero-order chi connectivity index (χ0) is 17.6. The number of carbonyl (C=O) groups excluding carboxylic acids is 1. The molecule has 0 saturated heterocycles. The third kappa shape index (κ3) is 5.31. The molecular formula is C18H20Cl2N4O. The summed E-state index contributed by atoms with van der Waals surface area (Å²) in [5, 5.41) is 7.03. The van der Waals surface area contributed by atoms with Crippen molar-refractivity contribution < 1.29 is 4.79 Å². The summed E-state index contributed by atoms with van der Waals surface area (Å²) >= 11 is 11.9. The molecule has 0 atom stereocenters. The van der Waals surface area contributed by atoms with Crippen molar-refractivity contribution >= 4 is 40.7 Å². The number of amides is 1. The summed E-state index contributed by atoms with van der Waals surface area (Å²) in [4.78, 5) is 21.0. The Bertz CT molecular complexity index is 725. The van der Waals surface area contributed by atoms with Gasteiger partial charge in [0, 0.05) is 28.0 Å². The van der Waals surface area contributed by atoms with E-state index in [1.807, 2.05) is 0 Å². The van der Waals surface area contributed by atoms with Gasteiger partial charge in [0.1, 0.15) is 5.69 Å². The molecule has 2 N–H and O–H groups in total. The van der Waals surface area contributed by atoms with E-state index in [0.29, 0.717) is 33.4 Å². The largest absolute Gasteiger partial charge is 0.351 e. The molecule has 1 aliphatic carbocycles. The van der Waals surface area contributed by atoms with Crippen LogP contribution in [-0.2, 0) is 0 Å². The lowest BCUT2D eigenvalue weighted by atomic mass is 10.1.